The van der Waals surface area contributed by atoms with Crippen LogP contribution in [0.2, 0.25) is 0 Å². The minimum absolute atomic E-state index is 0.0981. The molecule has 19 heavy (non-hydrogen) atoms. The summed E-state index contributed by atoms with van der Waals surface area (Å²) in [5.74, 6) is -0.0981. The molecule has 3 N–H and O–H groups in total. The average Bonchev–Trinajstić information content (AvgIpc) is 2.38. The van der Waals surface area contributed by atoms with Crippen LogP contribution in [0.4, 0.5) is 0 Å². The van der Waals surface area contributed by atoms with E-state index in [9.17, 15) is 4.79 Å². The Kier molecular flexibility index (Phi) is 4.21. The summed E-state index contributed by atoms with van der Waals surface area (Å²) >= 11 is 1.85. The summed E-state index contributed by atoms with van der Waals surface area (Å²) in [6.07, 6.45) is 5.74. The molecule has 1 aromatic carbocycles. The second-order valence-corrected chi connectivity index (χ2v) is 6.77. The van der Waals surface area contributed by atoms with Crippen molar-refractivity contribution >= 4 is 17.7 Å². The first-order valence-electron chi connectivity index (χ1n) is 6.68. The third-order valence-corrected chi connectivity index (χ3v) is 5.53. The fourth-order valence-electron chi connectivity index (χ4n) is 2.36. The van der Waals surface area contributed by atoms with Gasteiger partial charge in [-0.15, -0.1) is 0 Å². The predicted octanol–water partition coefficient (Wildman–Crippen LogP) is 2.26. The molecule has 0 saturated heterocycles. The highest BCUT2D eigenvalue weighted by molar-refractivity contribution is 8.00. The normalized spacial score (nSPS) is 20.2. The third kappa shape index (κ3) is 2.95. The van der Waals surface area contributed by atoms with Crippen molar-refractivity contribution in [3.8, 4) is 0 Å². The van der Waals surface area contributed by atoms with E-state index in [0.717, 1.165) is 5.56 Å². The van der Waals surface area contributed by atoms with Crippen LogP contribution in [0.5, 0.6) is 0 Å². The molecule has 1 saturated carbocycles. The molecule has 0 aromatic heterocycles. The highest BCUT2D eigenvalue weighted by Crippen LogP contribution is 2.42. The van der Waals surface area contributed by atoms with Crippen molar-refractivity contribution in [3.05, 3.63) is 35.9 Å². The maximum absolute atomic E-state index is 12.3. The second kappa shape index (κ2) is 5.55. The molecule has 0 heterocycles. The van der Waals surface area contributed by atoms with Crippen molar-refractivity contribution in [2.24, 2.45) is 5.73 Å². The smallest absolute Gasteiger partial charge is 0.244 e. The number of carbonyl (C=O) groups is 1. The van der Waals surface area contributed by atoms with Crippen molar-refractivity contribution < 1.29 is 4.79 Å². The van der Waals surface area contributed by atoms with E-state index in [1.807, 2.05) is 42.1 Å². The van der Waals surface area contributed by atoms with E-state index >= 15 is 0 Å². The molecule has 1 aromatic rings. The number of thioether (sulfide) groups is 1. The lowest BCUT2D eigenvalue weighted by atomic mass is 9.83. The van der Waals surface area contributed by atoms with Crippen LogP contribution < -0.4 is 11.1 Å². The van der Waals surface area contributed by atoms with Gasteiger partial charge in [0.2, 0.25) is 5.91 Å². The van der Waals surface area contributed by atoms with Crippen LogP contribution in [-0.2, 0) is 10.3 Å². The van der Waals surface area contributed by atoms with Crippen LogP contribution in [0, 0.1) is 0 Å². The van der Waals surface area contributed by atoms with Crippen LogP contribution >= 0.6 is 11.8 Å². The zero-order valence-corrected chi connectivity index (χ0v) is 12.4. The van der Waals surface area contributed by atoms with Crippen LogP contribution in [-0.4, -0.2) is 23.5 Å². The molecular formula is C15H22N2OS. The minimum atomic E-state index is -0.968. The van der Waals surface area contributed by atoms with Crippen molar-refractivity contribution in [3.63, 3.8) is 0 Å². The van der Waals surface area contributed by atoms with Crippen LogP contribution in [0.15, 0.2) is 30.3 Å². The highest BCUT2D eigenvalue weighted by Gasteiger charge is 2.38. The largest absolute Gasteiger partial charge is 0.353 e. The molecule has 3 nitrogen and oxygen atoms in total. The molecule has 4 heteroatoms. The molecule has 104 valence electrons. The van der Waals surface area contributed by atoms with Crippen molar-refractivity contribution in [1.82, 2.24) is 5.32 Å². The fraction of sp³-hybridized carbons (Fsp3) is 0.533. The summed E-state index contributed by atoms with van der Waals surface area (Å²) in [7, 11) is 0. The number of nitrogens with one attached hydrogen (secondary N) is 1. The van der Waals surface area contributed by atoms with Gasteiger partial charge in [-0.3, -0.25) is 4.79 Å². The standard InChI is InChI=1S/C15H22N2OS/c1-14(16,12-7-4-3-5-8-12)13(18)17-11-15(19-2)9-6-10-15/h3-5,7-8H,6,9-11,16H2,1-2H3,(H,17,18). The molecule has 0 aliphatic heterocycles. The molecule has 0 spiro atoms. The molecule has 1 atom stereocenters. The number of hydrogen-bond donors (Lipinski definition) is 2. The Hall–Kier alpha value is -1.00. The topological polar surface area (TPSA) is 55.1 Å². The van der Waals surface area contributed by atoms with E-state index in [1.54, 1.807) is 6.92 Å². The zero-order chi connectivity index (χ0) is 13.9. The van der Waals surface area contributed by atoms with Crippen molar-refractivity contribution in [1.29, 1.82) is 0 Å². The SMILES string of the molecule is CSC1(CNC(=O)C(C)(N)c2ccccc2)CCC1. The lowest BCUT2D eigenvalue weighted by Gasteiger charge is -2.41. The Labute approximate surface area is 119 Å². The number of amides is 1. The van der Waals surface area contributed by atoms with Gasteiger partial charge in [0, 0.05) is 11.3 Å². The molecule has 0 bridgehead atoms. The van der Waals surface area contributed by atoms with Crippen molar-refractivity contribution in [2.45, 2.75) is 36.5 Å². The number of carbonyl (C=O) groups excluding carboxylic acids is 1. The first-order chi connectivity index (χ1) is 9.00. The first kappa shape index (κ1) is 14.4. The van der Waals surface area contributed by atoms with E-state index in [-0.39, 0.29) is 10.7 Å². The van der Waals surface area contributed by atoms with E-state index in [1.165, 1.54) is 19.3 Å². The lowest BCUT2D eigenvalue weighted by Crippen LogP contribution is -2.53. The van der Waals surface area contributed by atoms with Gasteiger partial charge >= 0.3 is 0 Å². The Morgan fingerprint density at radius 2 is 2.05 bits per heavy atom. The summed E-state index contributed by atoms with van der Waals surface area (Å²) in [5, 5.41) is 3.03. The number of hydrogen-bond acceptors (Lipinski definition) is 3. The number of benzene rings is 1. The quantitative estimate of drug-likeness (QED) is 0.868. The van der Waals surface area contributed by atoms with Gasteiger partial charge in [0.25, 0.3) is 0 Å². The molecule has 1 aliphatic rings. The van der Waals surface area contributed by atoms with Crippen LogP contribution in [0.1, 0.15) is 31.7 Å². The zero-order valence-electron chi connectivity index (χ0n) is 11.6. The lowest BCUT2D eigenvalue weighted by molar-refractivity contribution is -0.126. The van der Waals surface area contributed by atoms with Crippen molar-refractivity contribution in [2.75, 3.05) is 12.8 Å². The molecule has 1 fully saturated rings. The predicted molar refractivity (Wildman–Crippen MR) is 81.1 cm³/mol. The Morgan fingerprint density at radius 3 is 2.53 bits per heavy atom. The third-order valence-electron chi connectivity index (χ3n) is 4.11. The Bertz CT molecular complexity index is 435. The fourth-order valence-corrected chi connectivity index (χ4v) is 3.28. The molecule has 2 rings (SSSR count). The highest BCUT2D eigenvalue weighted by atomic mass is 32.2. The van der Waals surface area contributed by atoms with E-state index in [2.05, 4.69) is 11.6 Å². The van der Waals surface area contributed by atoms with Gasteiger partial charge in [0.05, 0.1) is 0 Å². The van der Waals surface area contributed by atoms with Gasteiger partial charge in [-0.1, -0.05) is 36.8 Å². The van der Waals surface area contributed by atoms with Crippen LogP contribution in [0.3, 0.4) is 0 Å². The molecular weight excluding hydrogens is 256 g/mol. The minimum Gasteiger partial charge on any atom is -0.353 e. The maximum atomic E-state index is 12.3. The van der Waals surface area contributed by atoms with Gasteiger partial charge in [-0.2, -0.15) is 11.8 Å². The van der Waals surface area contributed by atoms with Gasteiger partial charge in [-0.25, -0.2) is 0 Å². The van der Waals surface area contributed by atoms with Gasteiger partial charge in [-0.05, 0) is 31.6 Å². The van der Waals surface area contributed by atoms with E-state index < -0.39 is 5.54 Å². The number of nitrogens with two attached hydrogens (primary N) is 1. The van der Waals surface area contributed by atoms with E-state index in [4.69, 9.17) is 5.73 Å². The molecule has 1 aliphatic carbocycles. The summed E-state index contributed by atoms with van der Waals surface area (Å²) in [6, 6.07) is 9.53. The average molecular weight is 278 g/mol. The monoisotopic (exact) mass is 278 g/mol. The van der Waals surface area contributed by atoms with Crippen LogP contribution in [0.25, 0.3) is 0 Å². The Balaban J connectivity index is 1.99. The molecule has 1 unspecified atom stereocenters. The van der Waals surface area contributed by atoms with Gasteiger partial charge in [0.15, 0.2) is 0 Å². The summed E-state index contributed by atoms with van der Waals surface area (Å²) in [5.41, 5.74) is 6.07. The first-order valence-corrected chi connectivity index (χ1v) is 7.90. The number of rotatable bonds is 5. The summed E-state index contributed by atoms with van der Waals surface area (Å²) < 4.78 is 0.239. The summed E-state index contributed by atoms with van der Waals surface area (Å²) in [4.78, 5) is 12.3. The Morgan fingerprint density at radius 1 is 1.42 bits per heavy atom. The summed E-state index contributed by atoms with van der Waals surface area (Å²) in [6.45, 7) is 2.48. The van der Waals surface area contributed by atoms with Gasteiger partial charge < -0.3 is 11.1 Å². The maximum Gasteiger partial charge on any atom is 0.244 e. The second-order valence-electron chi connectivity index (χ2n) is 5.49. The van der Waals surface area contributed by atoms with Gasteiger partial charge in [0.1, 0.15) is 5.54 Å². The van der Waals surface area contributed by atoms with E-state index in [0.29, 0.717) is 6.54 Å². The molecule has 0 radical (unpaired) electrons. The molecule has 1 amide bonds.